The van der Waals surface area contributed by atoms with Gasteiger partial charge in [-0.2, -0.15) is 0 Å². The fourth-order valence-electron chi connectivity index (χ4n) is 14.8. The minimum Gasteiger partial charge on any atom is -0.481 e. The zero-order valence-electron chi connectivity index (χ0n) is 35.1. The van der Waals surface area contributed by atoms with Crippen LogP contribution in [0.2, 0.25) is 0 Å². The predicted octanol–water partition coefficient (Wildman–Crippen LogP) is 8.34. The third-order valence-electron chi connectivity index (χ3n) is 18.3. The first kappa shape index (κ1) is 40.3. The number of hydrogen-bond acceptors (Lipinski definition) is 6. The number of nitrogens with one attached hydrogen (secondary N) is 1. The number of nitrogens with zero attached hydrogens (tertiary/aromatic N) is 2. The molecule has 6 aliphatic carbocycles. The molecule has 0 unspecified atom stereocenters. The topological polar surface area (TPSA) is 99.2 Å². The zero-order valence-corrected chi connectivity index (χ0v) is 35.1. The van der Waals surface area contributed by atoms with Crippen LogP contribution in [0.1, 0.15) is 145 Å². The maximum absolute atomic E-state index is 14.9. The molecule has 2 N–H and O–H groups in total. The van der Waals surface area contributed by atoms with Crippen LogP contribution in [0.4, 0.5) is 0 Å². The number of carbonyl (C=O) groups is 3. The minimum atomic E-state index is -1.12. The molecule has 7 aliphatic rings. The summed E-state index contributed by atoms with van der Waals surface area (Å²) in [6, 6.07) is 0.313. The molecule has 0 radical (unpaired) electrons. The molecule has 0 spiro atoms. The van der Waals surface area contributed by atoms with E-state index in [1.807, 2.05) is 0 Å². The highest BCUT2D eigenvalue weighted by atomic mass is 16.5. The number of carboxylic acids is 1. The smallest absolute Gasteiger partial charge is 0.309 e. The third kappa shape index (κ3) is 6.81. The fraction of sp³-hybridized carbons (Fsp3) is 0.891. The number of carbonyl (C=O) groups excluding carboxylic acids is 2. The second-order valence-corrected chi connectivity index (χ2v) is 21.3. The van der Waals surface area contributed by atoms with Gasteiger partial charge in [0.15, 0.2) is 0 Å². The van der Waals surface area contributed by atoms with Crippen LogP contribution in [-0.2, 0) is 19.1 Å². The predicted molar refractivity (Wildman–Crippen MR) is 214 cm³/mol. The molecule has 8 nitrogen and oxygen atoms in total. The molecule has 12 atom stereocenters. The Hall–Kier alpha value is -1.93. The molecule has 7 rings (SSSR count). The van der Waals surface area contributed by atoms with Crippen molar-refractivity contribution in [1.29, 1.82) is 0 Å². The van der Waals surface area contributed by atoms with Crippen LogP contribution in [0.3, 0.4) is 0 Å². The molecule has 1 aliphatic heterocycles. The summed E-state index contributed by atoms with van der Waals surface area (Å²) in [6.07, 6.45) is 15.1. The van der Waals surface area contributed by atoms with E-state index in [-0.39, 0.29) is 40.2 Å². The van der Waals surface area contributed by atoms with Crippen molar-refractivity contribution in [3.8, 4) is 0 Å². The SMILES string of the molecule is C=C(C)[C@@H]1CC[C@]2(C(=O)N[C@@H]3CC[C@H](CN4CCN(CC)CC4)C3)CC[C@]3(C)[C@H](CC[C@@H]4[C@@]5(C)CC[C@H](OC(=O)CC(C)(C)C(=O)O)C[C@@H]5CC[C@]43C)[C@@H]12. The average molecular weight is 750 g/mol. The first-order valence-corrected chi connectivity index (χ1v) is 22.3. The van der Waals surface area contributed by atoms with Crippen LogP contribution in [0, 0.1) is 62.6 Å². The summed E-state index contributed by atoms with van der Waals surface area (Å²) >= 11 is 0. The van der Waals surface area contributed by atoms with Crippen LogP contribution in [0.25, 0.3) is 0 Å². The zero-order chi connectivity index (χ0) is 38.8. The lowest BCUT2D eigenvalue weighted by Crippen LogP contribution is -2.66. The Morgan fingerprint density at radius 1 is 0.852 bits per heavy atom. The highest BCUT2D eigenvalue weighted by molar-refractivity contribution is 5.84. The second kappa shape index (κ2) is 14.8. The van der Waals surface area contributed by atoms with Gasteiger partial charge < -0.3 is 25.0 Å². The number of ether oxygens (including phenoxy) is 1. The molecule has 1 heterocycles. The largest absolute Gasteiger partial charge is 0.481 e. The molecule has 0 aromatic rings. The molecular weight excluding hydrogens is 675 g/mol. The normalized spacial score (nSPS) is 44.0. The lowest BCUT2D eigenvalue weighted by atomic mass is 9.33. The van der Waals surface area contributed by atoms with E-state index < -0.39 is 11.4 Å². The maximum atomic E-state index is 14.9. The van der Waals surface area contributed by atoms with Crippen molar-refractivity contribution in [3.63, 3.8) is 0 Å². The monoisotopic (exact) mass is 750 g/mol. The highest BCUT2D eigenvalue weighted by Crippen LogP contribution is 2.76. The van der Waals surface area contributed by atoms with E-state index in [0.717, 1.165) is 70.8 Å². The molecule has 6 saturated carbocycles. The maximum Gasteiger partial charge on any atom is 0.309 e. The van der Waals surface area contributed by atoms with E-state index in [4.69, 9.17) is 4.74 Å². The standard InChI is InChI=1S/C46H75N3O5/c1-9-48-22-24-49(25-23-48)29-31-10-11-33(26-31)47-40(51)46-19-16-35(30(2)3)39(46)36-12-13-37-43(6)17-15-34(54-38(50)28-42(4,5)41(52)53)27-32(43)14-18-45(37,8)44(36,7)20-21-46/h31-37,39H,2,9-29H2,1,3-8H3,(H,47,51)(H,52,53)/t31-,32-,33+,34-,35-,36+,37+,39+,43-,44+,45+,46-/m0/s1. The molecule has 1 amide bonds. The van der Waals surface area contributed by atoms with Gasteiger partial charge in [0, 0.05) is 38.8 Å². The van der Waals surface area contributed by atoms with Crippen molar-refractivity contribution in [3.05, 3.63) is 12.2 Å². The lowest BCUT2D eigenvalue weighted by molar-refractivity contribution is -0.228. The van der Waals surface area contributed by atoms with Crippen LogP contribution in [-0.4, -0.2) is 84.2 Å². The minimum absolute atomic E-state index is 0.0920. The molecule has 54 heavy (non-hydrogen) atoms. The fourth-order valence-corrected chi connectivity index (χ4v) is 14.8. The molecule has 0 aromatic carbocycles. The van der Waals surface area contributed by atoms with Gasteiger partial charge in [0.1, 0.15) is 6.10 Å². The van der Waals surface area contributed by atoms with Crippen LogP contribution >= 0.6 is 0 Å². The lowest BCUT2D eigenvalue weighted by Gasteiger charge is -2.71. The van der Waals surface area contributed by atoms with E-state index in [1.54, 1.807) is 13.8 Å². The number of allylic oxidation sites excluding steroid dienone is 1. The molecule has 0 aromatic heterocycles. The number of likely N-dealkylation sites (N-methyl/N-ethyl adjacent to an activating group) is 1. The van der Waals surface area contributed by atoms with Gasteiger partial charge in [-0.1, -0.05) is 39.8 Å². The van der Waals surface area contributed by atoms with Crippen molar-refractivity contribution < 1.29 is 24.2 Å². The number of rotatable bonds is 10. The van der Waals surface area contributed by atoms with E-state index in [9.17, 15) is 19.5 Å². The summed E-state index contributed by atoms with van der Waals surface area (Å²) in [5.74, 6) is 2.16. The van der Waals surface area contributed by atoms with Gasteiger partial charge in [-0.15, -0.1) is 0 Å². The summed E-state index contributed by atoms with van der Waals surface area (Å²) in [6.45, 7) is 27.2. The van der Waals surface area contributed by atoms with Gasteiger partial charge in [0.05, 0.1) is 17.3 Å². The quantitative estimate of drug-likeness (QED) is 0.171. The number of piperazine rings is 1. The highest BCUT2D eigenvalue weighted by Gasteiger charge is 2.71. The van der Waals surface area contributed by atoms with E-state index in [1.165, 1.54) is 64.0 Å². The number of amides is 1. The van der Waals surface area contributed by atoms with Gasteiger partial charge in [-0.05, 0) is 169 Å². The first-order valence-electron chi connectivity index (χ1n) is 22.3. The van der Waals surface area contributed by atoms with Gasteiger partial charge in [0.2, 0.25) is 5.91 Å². The average Bonchev–Trinajstić information content (AvgIpc) is 3.74. The molecule has 8 heteroatoms. The van der Waals surface area contributed by atoms with Crippen molar-refractivity contribution in [2.45, 2.75) is 157 Å². The van der Waals surface area contributed by atoms with Gasteiger partial charge in [-0.25, -0.2) is 0 Å². The van der Waals surface area contributed by atoms with Crippen molar-refractivity contribution in [2.75, 3.05) is 39.3 Å². The first-order chi connectivity index (χ1) is 25.5. The van der Waals surface area contributed by atoms with Crippen LogP contribution < -0.4 is 5.32 Å². The second-order valence-electron chi connectivity index (χ2n) is 21.3. The molecular formula is C46H75N3O5. The van der Waals surface area contributed by atoms with Crippen molar-refractivity contribution in [2.24, 2.45) is 62.6 Å². The van der Waals surface area contributed by atoms with E-state index in [2.05, 4.69) is 56.3 Å². The Kier molecular flexibility index (Phi) is 11.0. The van der Waals surface area contributed by atoms with Gasteiger partial charge in [0.25, 0.3) is 0 Å². The van der Waals surface area contributed by atoms with Crippen molar-refractivity contribution in [1.82, 2.24) is 15.1 Å². The Morgan fingerprint density at radius 3 is 2.26 bits per heavy atom. The number of fused-ring (bicyclic) bond motifs is 7. The van der Waals surface area contributed by atoms with E-state index in [0.29, 0.717) is 47.5 Å². The number of carboxylic acid groups (broad SMARTS) is 1. The molecule has 1 saturated heterocycles. The summed E-state index contributed by atoms with van der Waals surface area (Å²) in [7, 11) is 0. The van der Waals surface area contributed by atoms with Crippen molar-refractivity contribution >= 4 is 17.8 Å². The summed E-state index contributed by atoms with van der Waals surface area (Å²) in [4.78, 5) is 44.6. The molecule has 7 fully saturated rings. The van der Waals surface area contributed by atoms with Gasteiger partial charge in [-0.3, -0.25) is 14.4 Å². The Balaban J connectivity index is 1.03. The number of hydrogen-bond donors (Lipinski definition) is 2. The Bertz CT molecular complexity index is 1450. The third-order valence-corrected chi connectivity index (χ3v) is 18.3. The Labute approximate surface area is 327 Å². The summed E-state index contributed by atoms with van der Waals surface area (Å²) < 4.78 is 6.00. The van der Waals surface area contributed by atoms with Gasteiger partial charge >= 0.3 is 11.9 Å². The number of aliphatic carboxylic acids is 1. The summed E-state index contributed by atoms with van der Waals surface area (Å²) in [5.41, 5.74) is 0.452. The van der Waals surface area contributed by atoms with E-state index >= 15 is 0 Å². The molecule has 0 bridgehead atoms. The van der Waals surface area contributed by atoms with Crippen LogP contribution in [0.5, 0.6) is 0 Å². The Morgan fingerprint density at radius 2 is 1.57 bits per heavy atom. The molecule has 304 valence electrons. The van der Waals surface area contributed by atoms with Crippen LogP contribution in [0.15, 0.2) is 12.2 Å². The summed E-state index contributed by atoms with van der Waals surface area (Å²) in [5, 5.41) is 13.3. The number of esters is 1.